The smallest absolute Gasteiger partial charge is 0.228 e. The Morgan fingerprint density at radius 3 is 2.76 bits per heavy atom. The number of nitrogens with one attached hydrogen (secondary N) is 2. The molecule has 1 unspecified atom stereocenters. The molecule has 1 aromatic rings. The molecule has 1 aromatic carbocycles. The van der Waals surface area contributed by atoms with Crippen molar-refractivity contribution in [3.63, 3.8) is 0 Å². The number of amides is 1. The number of halogens is 1. The van der Waals surface area contributed by atoms with Crippen molar-refractivity contribution in [1.29, 1.82) is 0 Å². The lowest BCUT2D eigenvalue weighted by Gasteiger charge is -2.14. The zero-order valence-electron chi connectivity index (χ0n) is 10.5. The lowest BCUT2D eigenvalue weighted by Crippen LogP contribution is -2.30. The van der Waals surface area contributed by atoms with Gasteiger partial charge in [-0.3, -0.25) is 4.79 Å². The minimum Gasteiger partial charge on any atom is -0.326 e. The fourth-order valence-electron chi connectivity index (χ4n) is 1.48. The molecule has 0 saturated carbocycles. The Labute approximate surface area is 117 Å². The highest BCUT2D eigenvalue weighted by molar-refractivity contribution is 14.1. The first-order valence-electron chi connectivity index (χ1n) is 5.82. The van der Waals surface area contributed by atoms with Crippen LogP contribution in [0.2, 0.25) is 0 Å². The largest absolute Gasteiger partial charge is 0.326 e. The van der Waals surface area contributed by atoms with E-state index in [1.54, 1.807) is 0 Å². The lowest BCUT2D eigenvalue weighted by molar-refractivity contribution is -0.119. The Balaban J connectivity index is 2.61. The van der Waals surface area contributed by atoms with Crippen molar-refractivity contribution < 1.29 is 4.79 Å². The maximum absolute atomic E-state index is 11.9. The molecular weight excluding hydrogens is 327 g/mol. The van der Waals surface area contributed by atoms with Gasteiger partial charge in [0.1, 0.15) is 0 Å². The second-order valence-corrected chi connectivity index (χ2v) is 5.40. The van der Waals surface area contributed by atoms with Gasteiger partial charge in [-0.25, -0.2) is 0 Å². The van der Waals surface area contributed by atoms with Gasteiger partial charge in [0.15, 0.2) is 0 Å². The first-order chi connectivity index (χ1) is 8.04. The monoisotopic (exact) mass is 346 g/mol. The van der Waals surface area contributed by atoms with Crippen molar-refractivity contribution in [2.75, 3.05) is 18.4 Å². The number of hydrogen-bond acceptors (Lipinski definition) is 2. The standard InChI is InChI=1S/C13H19IN2O/c1-4-15-8-10(3)13(17)16-12-6-5-11(14)7-9(12)2/h5-7,10,15H,4,8H2,1-3H3,(H,16,17). The van der Waals surface area contributed by atoms with Crippen molar-refractivity contribution in [2.24, 2.45) is 5.92 Å². The number of carbonyl (C=O) groups is 1. The summed E-state index contributed by atoms with van der Waals surface area (Å²) in [7, 11) is 0. The summed E-state index contributed by atoms with van der Waals surface area (Å²) in [4.78, 5) is 11.9. The fraction of sp³-hybridized carbons (Fsp3) is 0.462. The van der Waals surface area contributed by atoms with Crippen LogP contribution in [0.4, 0.5) is 5.69 Å². The maximum Gasteiger partial charge on any atom is 0.228 e. The van der Waals surface area contributed by atoms with Gasteiger partial charge >= 0.3 is 0 Å². The van der Waals surface area contributed by atoms with E-state index in [4.69, 9.17) is 0 Å². The summed E-state index contributed by atoms with van der Waals surface area (Å²) in [5, 5.41) is 6.14. The van der Waals surface area contributed by atoms with Crippen LogP contribution in [-0.4, -0.2) is 19.0 Å². The van der Waals surface area contributed by atoms with Gasteiger partial charge in [-0.05, 0) is 59.8 Å². The number of anilines is 1. The van der Waals surface area contributed by atoms with E-state index < -0.39 is 0 Å². The zero-order valence-corrected chi connectivity index (χ0v) is 12.7. The molecule has 1 rings (SSSR count). The third-order valence-electron chi connectivity index (χ3n) is 2.59. The minimum absolute atomic E-state index is 0.0198. The van der Waals surface area contributed by atoms with Crippen LogP contribution in [0.15, 0.2) is 18.2 Å². The van der Waals surface area contributed by atoms with Crippen molar-refractivity contribution in [3.05, 3.63) is 27.3 Å². The van der Waals surface area contributed by atoms with E-state index >= 15 is 0 Å². The molecule has 0 bridgehead atoms. The summed E-state index contributed by atoms with van der Waals surface area (Å²) in [6.45, 7) is 7.58. The first-order valence-corrected chi connectivity index (χ1v) is 6.90. The van der Waals surface area contributed by atoms with E-state index in [0.717, 1.165) is 17.8 Å². The Hall–Kier alpha value is -0.620. The molecule has 0 aliphatic heterocycles. The van der Waals surface area contributed by atoms with Crippen molar-refractivity contribution in [3.8, 4) is 0 Å². The molecule has 2 N–H and O–H groups in total. The van der Waals surface area contributed by atoms with Crippen LogP contribution in [0.3, 0.4) is 0 Å². The van der Waals surface area contributed by atoms with Crippen LogP contribution < -0.4 is 10.6 Å². The van der Waals surface area contributed by atoms with E-state index in [0.29, 0.717) is 6.54 Å². The number of hydrogen-bond donors (Lipinski definition) is 2. The molecule has 94 valence electrons. The summed E-state index contributed by atoms with van der Waals surface area (Å²) < 4.78 is 1.18. The topological polar surface area (TPSA) is 41.1 Å². The molecular formula is C13H19IN2O. The summed E-state index contributed by atoms with van der Waals surface area (Å²) in [6.07, 6.45) is 0. The molecule has 0 saturated heterocycles. The van der Waals surface area contributed by atoms with Crippen LogP contribution >= 0.6 is 22.6 Å². The van der Waals surface area contributed by atoms with Gasteiger partial charge in [0.2, 0.25) is 5.91 Å². The van der Waals surface area contributed by atoms with Gasteiger partial charge in [0.05, 0.1) is 0 Å². The number of carbonyl (C=O) groups excluding carboxylic acids is 1. The third-order valence-corrected chi connectivity index (χ3v) is 3.27. The van der Waals surface area contributed by atoms with Gasteiger partial charge in [-0.1, -0.05) is 13.8 Å². The second kappa shape index (κ2) is 6.96. The zero-order chi connectivity index (χ0) is 12.8. The molecule has 4 heteroatoms. The summed E-state index contributed by atoms with van der Waals surface area (Å²) in [5.41, 5.74) is 2.00. The maximum atomic E-state index is 11.9. The van der Waals surface area contributed by atoms with Crippen LogP contribution in [0.1, 0.15) is 19.4 Å². The first kappa shape index (κ1) is 14.4. The van der Waals surface area contributed by atoms with Gasteiger partial charge in [0.25, 0.3) is 0 Å². The summed E-state index contributed by atoms with van der Waals surface area (Å²) in [6, 6.07) is 6.01. The molecule has 0 aromatic heterocycles. The van der Waals surface area contributed by atoms with Crippen LogP contribution in [0, 0.1) is 16.4 Å². The van der Waals surface area contributed by atoms with E-state index in [2.05, 4.69) is 39.3 Å². The molecule has 17 heavy (non-hydrogen) atoms. The second-order valence-electron chi connectivity index (χ2n) is 4.16. The molecule has 1 atom stereocenters. The average Bonchev–Trinajstić information content (AvgIpc) is 2.29. The molecule has 0 radical (unpaired) electrons. The van der Waals surface area contributed by atoms with E-state index in [9.17, 15) is 4.79 Å². The predicted octanol–water partition coefficient (Wildman–Crippen LogP) is 2.78. The molecule has 0 fully saturated rings. The quantitative estimate of drug-likeness (QED) is 0.805. The molecule has 1 amide bonds. The predicted molar refractivity (Wildman–Crippen MR) is 80.2 cm³/mol. The Morgan fingerprint density at radius 2 is 2.18 bits per heavy atom. The third kappa shape index (κ3) is 4.63. The van der Waals surface area contributed by atoms with Crippen LogP contribution in [0.5, 0.6) is 0 Å². The van der Waals surface area contributed by atoms with Gasteiger partial charge in [-0.15, -0.1) is 0 Å². The Bertz CT molecular complexity index is 393. The van der Waals surface area contributed by atoms with Gasteiger partial charge in [-0.2, -0.15) is 0 Å². The molecule has 0 spiro atoms. The van der Waals surface area contributed by atoms with Crippen LogP contribution in [-0.2, 0) is 4.79 Å². The lowest BCUT2D eigenvalue weighted by atomic mass is 10.1. The van der Waals surface area contributed by atoms with Gasteiger partial charge in [0, 0.05) is 21.7 Å². The highest BCUT2D eigenvalue weighted by Crippen LogP contribution is 2.18. The normalized spacial score (nSPS) is 12.2. The highest BCUT2D eigenvalue weighted by Gasteiger charge is 2.13. The highest BCUT2D eigenvalue weighted by atomic mass is 127. The van der Waals surface area contributed by atoms with Crippen molar-refractivity contribution in [1.82, 2.24) is 5.32 Å². The summed E-state index contributed by atoms with van der Waals surface area (Å²) in [5.74, 6) is 0.0453. The molecule has 0 heterocycles. The summed E-state index contributed by atoms with van der Waals surface area (Å²) >= 11 is 2.26. The molecule has 3 nitrogen and oxygen atoms in total. The molecule has 0 aliphatic carbocycles. The fourth-order valence-corrected chi connectivity index (χ4v) is 2.12. The van der Waals surface area contributed by atoms with E-state index in [-0.39, 0.29) is 11.8 Å². The van der Waals surface area contributed by atoms with Gasteiger partial charge < -0.3 is 10.6 Å². The average molecular weight is 346 g/mol. The molecule has 0 aliphatic rings. The Kier molecular flexibility index (Phi) is 5.91. The van der Waals surface area contributed by atoms with Crippen LogP contribution in [0.25, 0.3) is 0 Å². The SMILES string of the molecule is CCNCC(C)C(=O)Nc1ccc(I)cc1C. The van der Waals surface area contributed by atoms with E-state index in [1.807, 2.05) is 32.9 Å². The number of rotatable bonds is 5. The van der Waals surface area contributed by atoms with E-state index in [1.165, 1.54) is 3.57 Å². The number of benzene rings is 1. The minimum atomic E-state index is -0.0198. The Morgan fingerprint density at radius 1 is 1.47 bits per heavy atom. The van der Waals surface area contributed by atoms with Crippen molar-refractivity contribution in [2.45, 2.75) is 20.8 Å². The van der Waals surface area contributed by atoms with Crippen molar-refractivity contribution >= 4 is 34.2 Å². The number of aryl methyl sites for hydroxylation is 1.